The summed E-state index contributed by atoms with van der Waals surface area (Å²) in [4.78, 5) is 8.68. The van der Waals surface area contributed by atoms with Crippen LogP contribution in [0.1, 0.15) is 46.3 Å². The van der Waals surface area contributed by atoms with Crippen molar-refractivity contribution >= 4 is 16.3 Å². The summed E-state index contributed by atoms with van der Waals surface area (Å²) in [6.45, 7) is 6.00. The number of hydrogen-bond acceptors (Lipinski definition) is 5. The van der Waals surface area contributed by atoms with Crippen LogP contribution in [0.5, 0.6) is 5.88 Å². The molecule has 1 N–H and O–H groups in total. The zero-order chi connectivity index (χ0) is 21.4. The van der Waals surface area contributed by atoms with Gasteiger partial charge in [-0.25, -0.2) is 4.98 Å². The average molecular weight is 433 g/mol. The molecule has 1 atom stereocenters. The van der Waals surface area contributed by atoms with Gasteiger partial charge in [-0.1, -0.05) is 71.5 Å². The van der Waals surface area contributed by atoms with Crippen molar-refractivity contribution in [3.63, 3.8) is 0 Å². The minimum Gasteiger partial charge on any atom is -0.492 e. The molecule has 1 aliphatic rings. The van der Waals surface area contributed by atoms with E-state index in [0.29, 0.717) is 11.7 Å². The summed E-state index contributed by atoms with van der Waals surface area (Å²) in [5.41, 5.74) is 3.88. The van der Waals surface area contributed by atoms with Gasteiger partial charge in [-0.15, -0.1) is 5.10 Å². The molecule has 160 valence electrons. The summed E-state index contributed by atoms with van der Waals surface area (Å²) < 4.78 is 1.58. The molecule has 0 aliphatic carbocycles. The Morgan fingerprint density at radius 2 is 1.74 bits per heavy atom. The molecule has 0 radical (unpaired) electrons. The highest BCUT2D eigenvalue weighted by Gasteiger charge is 2.32. The van der Waals surface area contributed by atoms with E-state index in [0.717, 1.165) is 42.2 Å². The number of rotatable bonds is 5. The predicted molar refractivity (Wildman–Crippen MR) is 125 cm³/mol. The topological polar surface area (TPSA) is 53.7 Å². The monoisotopic (exact) mass is 432 g/mol. The molecule has 1 saturated heterocycles. The Morgan fingerprint density at radius 1 is 1.03 bits per heavy atom. The van der Waals surface area contributed by atoms with E-state index >= 15 is 0 Å². The zero-order valence-electron chi connectivity index (χ0n) is 18.0. The van der Waals surface area contributed by atoms with Crippen molar-refractivity contribution in [2.75, 3.05) is 13.1 Å². The van der Waals surface area contributed by atoms with E-state index in [9.17, 15) is 5.11 Å². The van der Waals surface area contributed by atoms with Gasteiger partial charge >= 0.3 is 0 Å². The second kappa shape index (κ2) is 8.44. The van der Waals surface area contributed by atoms with Crippen molar-refractivity contribution in [3.8, 4) is 5.88 Å². The normalized spacial score (nSPS) is 16.7. The number of aromatic nitrogens is 3. The van der Waals surface area contributed by atoms with E-state index < -0.39 is 0 Å². The maximum Gasteiger partial charge on any atom is 0.230 e. The van der Waals surface area contributed by atoms with E-state index in [2.05, 4.69) is 76.5 Å². The van der Waals surface area contributed by atoms with E-state index in [4.69, 9.17) is 0 Å². The van der Waals surface area contributed by atoms with Gasteiger partial charge in [0, 0.05) is 0 Å². The SMILES string of the molecule is Cc1ccc([C@@H](c2sc3nc(C)nn3c2O)N2CCC(Cc3ccccc3)CC2)cc1. The van der Waals surface area contributed by atoms with E-state index in [1.54, 1.807) is 15.9 Å². The van der Waals surface area contributed by atoms with Crippen LogP contribution in [-0.4, -0.2) is 37.7 Å². The number of piperidine rings is 1. The van der Waals surface area contributed by atoms with Crippen LogP contribution in [0, 0.1) is 19.8 Å². The van der Waals surface area contributed by atoms with E-state index in [1.165, 1.54) is 16.7 Å². The van der Waals surface area contributed by atoms with Crippen LogP contribution in [0.15, 0.2) is 54.6 Å². The molecule has 31 heavy (non-hydrogen) atoms. The van der Waals surface area contributed by atoms with Gasteiger partial charge in [-0.05, 0) is 63.2 Å². The highest BCUT2D eigenvalue weighted by Crippen LogP contribution is 2.41. The molecular weight excluding hydrogens is 404 g/mol. The fourth-order valence-corrected chi connectivity index (χ4v) is 5.83. The first kappa shape index (κ1) is 20.2. The molecule has 1 fully saturated rings. The molecule has 4 aromatic rings. The van der Waals surface area contributed by atoms with Gasteiger partial charge in [-0.2, -0.15) is 4.52 Å². The Hall–Kier alpha value is -2.70. The Bertz CT molecular complexity index is 1160. The number of likely N-dealkylation sites (tertiary alicyclic amines) is 1. The lowest BCUT2D eigenvalue weighted by Crippen LogP contribution is -2.37. The molecule has 0 bridgehead atoms. The lowest BCUT2D eigenvalue weighted by Gasteiger charge is -2.37. The van der Waals surface area contributed by atoms with E-state index in [-0.39, 0.29) is 11.9 Å². The van der Waals surface area contributed by atoms with Crippen molar-refractivity contribution in [2.24, 2.45) is 5.92 Å². The third-order valence-electron chi connectivity index (χ3n) is 6.33. The minimum absolute atomic E-state index is 0.0204. The maximum atomic E-state index is 11.0. The van der Waals surface area contributed by atoms with E-state index in [1.807, 2.05) is 6.92 Å². The van der Waals surface area contributed by atoms with Crippen LogP contribution in [0.3, 0.4) is 0 Å². The van der Waals surface area contributed by atoms with Gasteiger partial charge in [0.25, 0.3) is 0 Å². The molecule has 5 nitrogen and oxygen atoms in total. The lowest BCUT2D eigenvalue weighted by atomic mass is 9.88. The molecule has 2 aromatic heterocycles. The number of nitrogens with zero attached hydrogens (tertiary/aromatic N) is 4. The minimum atomic E-state index is 0.0204. The molecule has 6 heteroatoms. The van der Waals surface area contributed by atoms with Crippen LogP contribution in [-0.2, 0) is 6.42 Å². The third-order valence-corrected chi connectivity index (χ3v) is 7.40. The molecule has 0 saturated carbocycles. The largest absolute Gasteiger partial charge is 0.492 e. The molecule has 0 spiro atoms. The van der Waals surface area contributed by atoms with Gasteiger partial charge in [0.05, 0.1) is 10.9 Å². The van der Waals surface area contributed by atoms with Gasteiger partial charge in [0.15, 0.2) is 0 Å². The van der Waals surface area contributed by atoms with Crippen LogP contribution < -0.4 is 0 Å². The first-order valence-corrected chi connectivity index (χ1v) is 11.8. The average Bonchev–Trinajstić information content (AvgIpc) is 3.29. The molecule has 5 rings (SSSR count). The van der Waals surface area contributed by atoms with Gasteiger partial charge < -0.3 is 5.11 Å². The number of aryl methyl sites for hydroxylation is 2. The Balaban J connectivity index is 1.42. The summed E-state index contributed by atoms with van der Waals surface area (Å²) in [5.74, 6) is 1.61. The van der Waals surface area contributed by atoms with Crippen LogP contribution in [0.25, 0.3) is 4.96 Å². The third kappa shape index (κ3) is 4.10. The van der Waals surface area contributed by atoms with Crippen molar-refractivity contribution in [1.82, 2.24) is 19.5 Å². The van der Waals surface area contributed by atoms with Crippen LogP contribution in [0.4, 0.5) is 0 Å². The Morgan fingerprint density at radius 3 is 2.42 bits per heavy atom. The Kier molecular flexibility index (Phi) is 5.50. The highest BCUT2D eigenvalue weighted by atomic mass is 32.1. The summed E-state index contributed by atoms with van der Waals surface area (Å²) in [6.07, 6.45) is 3.47. The highest BCUT2D eigenvalue weighted by molar-refractivity contribution is 7.17. The predicted octanol–water partition coefficient (Wildman–Crippen LogP) is 5.16. The first-order valence-electron chi connectivity index (χ1n) is 11.0. The summed E-state index contributed by atoms with van der Waals surface area (Å²) in [7, 11) is 0. The zero-order valence-corrected chi connectivity index (χ0v) is 18.8. The summed E-state index contributed by atoms with van der Waals surface area (Å²) >= 11 is 1.55. The fraction of sp³-hybridized carbons (Fsp3) is 0.360. The van der Waals surface area contributed by atoms with Crippen molar-refractivity contribution in [3.05, 3.63) is 82.0 Å². The van der Waals surface area contributed by atoms with Gasteiger partial charge in [0.1, 0.15) is 5.82 Å². The second-order valence-electron chi connectivity index (χ2n) is 8.63. The molecule has 0 unspecified atom stereocenters. The molecule has 1 aliphatic heterocycles. The van der Waals surface area contributed by atoms with Crippen molar-refractivity contribution in [1.29, 1.82) is 0 Å². The van der Waals surface area contributed by atoms with Crippen molar-refractivity contribution in [2.45, 2.75) is 39.2 Å². The Labute approximate surface area is 187 Å². The van der Waals surface area contributed by atoms with Crippen LogP contribution in [0.2, 0.25) is 0 Å². The van der Waals surface area contributed by atoms with Crippen molar-refractivity contribution < 1.29 is 5.11 Å². The fourth-order valence-electron chi connectivity index (χ4n) is 4.67. The number of fused-ring (bicyclic) bond motifs is 1. The quantitative estimate of drug-likeness (QED) is 0.473. The van der Waals surface area contributed by atoms with Gasteiger partial charge in [-0.3, -0.25) is 4.90 Å². The summed E-state index contributed by atoms with van der Waals surface area (Å²) in [6, 6.07) is 19.5. The smallest absolute Gasteiger partial charge is 0.230 e. The lowest BCUT2D eigenvalue weighted by molar-refractivity contribution is 0.150. The summed E-state index contributed by atoms with van der Waals surface area (Å²) in [5, 5.41) is 15.4. The van der Waals surface area contributed by atoms with Gasteiger partial charge in [0.2, 0.25) is 10.8 Å². The molecule has 2 aromatic carbocycles. The first-order chi connectivity index (χ1) is 15.1. The molecule has 3 heterocycles. The second-order valence-corrected chi connectivity index (χ2v) is 9.63. The maximum absolute atomic E-state index is 11.0. The van der Waals surface area contributed by atoms with Crippen LogP contribution >= 0.6 is 11.3 Å². The number of thiazole rings is 1. The number of benzene rings is 2. The standard InChI is InChI=1S/C25H28N4OS/c1-17-8-10-21(11-9-17)22(23-24(30)29-25(31-23)26-18(2)27-29)28-14-12-20(13-15-28)16-19-6-4-3-5-7-19/h3-11,20,22,30H,12-16H2,1-2H3/t22-/m0/s1. The number of aromatic hydroxyl groups is 1. The molecular formula is C25H28N4OS. The number of hydrogen-bond donors (Lipinski definition) is 1. The molecule has 0 amide bonds.